The van der Waals surface area contributed by atoms with Crippen LogP contribution >= 0.6 is 11.3 Å². The minimum absolute atomic E-state index is 0.146. The van der Waals surface area contributed by atoms with Crippen molar-refractivity contribution in [2.45, 2.75) is 6.42 Å². The molecule has 1 N–H and O–H groups in total. The van der Waals surface area contributed by atoms with E-state index in [1.807, 2.05) is 24.3 Å². The van der Waals surface area contributed by atoms with Crippen molar-refractivity contribution < 1.29 is 13.9 Å². The lowest BCUT2D eigenvalue weighted by atomic mass is 10.1. The van der Waals surface area contributed by atoms with Gasteiger partial charge in [-0.05, 0) is 29.8 Å². The number of nitrogens with one attached hydrogen (secondary N) is 1. The summed E-state index contributed by atoms with van der Waals surface area (Å²) in [6.45, 7) is 0. The van der Waals surface area contributed by atoms with E-state index in [0.717, 1.165) is 16.3 Å². The Morgan fingerprint density at radius 1 is 1.21 bits per heavy atom. The Hall–Kier alpha value is -2.73. The second-order valence-electron chi connectivity index (χ2n) is 5.09. The van der Waals surface area contributed by atoms with Crippen molar-refractivity contribution in [1.82, 2.24) is 4.98 Å². The van der Waals surface area contributed by atoms with Gasteiger partial charge in [0.15, 0.2) is 0 Å². The summed E-state index contributed by atoms with van der Waals surface area (Å²) in [5.41, 5.74) is 1.50. The molecule has 122 valence electrons. The molecule has 24 heavy (non-hydrogen) atoms. The van der Waals surface area contributed by atoms with Gasteiger partial charge in [-0.3, -0.25) is 4.79 Å². The third kappa shape index (κ3) is 3.78. The van der Waals surface area contributed by atoms with E-state index in [2.05, 4.69) is 10.3 Å². The number of ether oxygens (including phenoxy) is 1. The maximum atomic E-state index is 13.6. The van der Waals surface area contributed by atoms with Crippen LogP contribution in [0.5, 0.6) is 5.75 Å². The summed E-state index contributed by atoms with van der Waals surface area (Å²) >= 11 is 1.40. The number of nitrogens with zero attached hydrogens (tertiary/aromatic N) is 1. The van der Waals surface area contributed by atoms with Crippen molar-refractivity contribution in [2.75, 3.05) is 12.4 Å². The highest BCUT2D eigenvalue weighted by molar-refractivity contribution is 7.09. The zero-order chi connectivity index (χ0) is 16.9. The minimum atomic E-state index is -0.473. The summed E-state index contributed by atoms with van der Waals surface area (Å²) in [4.78, 5) is 16.5. The summed E-state index contributed by atoms with van der Waals surface area (Å²) in [6.07, 6.45) is 0.627. The lowest BCUT2D eigenvalue weighted by Crippen LogP contribution is -2.13. The fourth-order valence-electron chi connectivity index (χ4n) is 2.16. The number of carbonyl (C=O) groups excluding carboxylic acids is 1. The molecule has 0 aliphatic rings. The van der Waals surface area contributed by atoms with Gasteiger partial charge in [-0.25, -0.2) is 9.37 Å². The molecule has 0 unspecified atom stereocenters. The van der Waals surface area contributed by atoms with Crippen LogP contribution in [-0.2, 0) is 6.42 Å². The second-order valence-corrected chi connectivity index (χ2v) is 6.03. The molecule has 0 atom stereocenters. The molecule has 2 aromatic carbocycles. The molecule has 1 heterocycles. The van der Waals surface area contributed by atoms with Gasteiger partial charge in [0, 0.05) is 11.8 Å². The molecule has 3 aromatic rings. The first-order chi connectivity index (χ1) is 11.7. The molecular formula is C18H15FN2O2S. The number of hydrogen-bond donors (Lipinski definition) is 1. The lowest BCUT2D eigenvalue weighted by Gasteiger charge is -2.04. The number of anilines is 1. The van der Waals surface area contributed by atoms with Gasteiger partial charge in [0.25, 0.3) is 5.91 Å². The molecule has 0 radical (unpaired) electrons. The molecule has 0 saturated carbocycles. The van der Waals surface area contributed by atoms with Crippen molar-refractivity contribution in [3.63, 3.8) is 0 Å². The predicted molar refractivity (Wildman–Crippen MR) is 92.3 cm³/mol. The van der Waals surface area contributed by atoms with Crippen molar-refractivity contribution >= 4 is 22.9 Å². The van der Waals surface area contributed by atoms with E-state index in [-0.39, 0.29) is 11.4 Å². The summed E-state index contributed by atoms with van der Waals surface area (Å²) in [5.74, 6) is -0.0975. The highest BCUT2D eigenvalue weighted by Gasteiger charge is 2.13. The highest BCUT2D eigenvalue weighted by Crippen LogP contribution is 2.19. The Kier molecular flexibility index (Phi) is 4.86. The van der Waals surface area contributed by atoms with E-state index in [1.165, 1.54) is 23.5 Å². The summed E-state index contributed by atoms with van der Waals surface area (Å²) in [7, 11) is 1.62. The molecule has 0 aliphatic heterocycles. The minimum Gasteiger partial charge on any atom is -0.497 e. The molecule has 0 fully saturated rings. The van der Waals surface area contributed by atoms with Crippen LogP contribution in [0.2, 0.25) is 0 Å². The van der Waals surface area contributed by atoms with Crippen LogP contribution in [0.25, 0.3) is 0 Å². The third-order valence-electron chi connectivity index (χ3n) is 3.42. The van der Waals surface area contributed by atoms with Gasteiger partial charge in [0.1, 0.15) is 17.3 Å². The Labute approximate surface area is 142 Å². The molecular weight excluding hydrogens is 327 g/mol. The molecule has 0 bridgehead atoms. The van der Waals surface area contributed by atoms with Gasteiger partial charge in [-0.2, -0.15) is 0 Å². The number of carbonyl (C=O) groups is 1. The molecule has 4 nitrogen and oxygen atoms in total. The van der Waals surface area contributed by atoms with Crippen LogP contribution in [0.1, 0.15) is 21.1 Å². The fraction of sp³-hybridized carbons (Fsp3) is 0.111. The zero-order valence-electron chi connectivity index (χ0n) is 13.0. The molecule has 6 heteroatoms. The van der Waals surface area contributed by atoms with Crippen molar-refractivity contribution in [1.29, 1.82) is 0 Å². The van der Waals surface area contributed by atoms with Crippen molar-refractivity contribution in [2.24, 2.45) is 0 Å². The molecule has 0 saturated heterocycles. The van der Waals surface area contributed by atoms with Crippen LogP contribution in [0.3, 0.4) is 0 Å². The van der Waals surface area contributed by atoms with Crippen molar-refractivity contribution in [3.05, 3.63) is 76.0 Å². The normalized spacial score (nSPS) is 10.4. The van der Waals surface area contributed by atoms with Gasteiger partial charge in [0.05, 0.1) is 17.8 Å². The number of thiazole rings is 1. The Bertz CT molecular complexity index is 846. The van der Waals surface area contributed by atoms with Crippen LogP contribution in [0.15, 0.2) is 53.9 Å². The van der Waals surface area contributed by atoms with Gasteiger partial charge in [-0.1, -0.05) is 24.3 Å². The Morgan fingerprint density at radius 3 is 2.67 bits per heavy atom. The first-order valence-electron chi connectivity index (χ1n) is 7.29. The monoisotopic (exact) mass is 342 g/mol. The number of halogens is 1. The molecule has 1 aromatic heterocycles. The number of rotatable bonds is 5. The Morgan fingerprint density at radius 2 is 1.96 bits per heavy atom. The summed E-state index contributed by atoms with van der Waals surface area (Å²) < 4.78 is 18.7. The van der Waals surface area contributed by atoms with Gasteiger partial charge in [-0.15, -0.1) is 11.3 Å². The SMILES string of the molecule is COc1ccc(Cc2nc(C(=O)Nc3ccccc3F)cs2)cc1. The van der Waals surface area contributed by atoms with Gasteiger partial charge < -0.3 is 10.1 Å². The van der Waals surface area contributed by atoms with E-state index >= 15 is 0 Å². The first-order valence-corrected chi connectivity index (χ1v) is 8.17. The maximum absolute atomic E-state index is 13.6. The average Bonchev–Trinajstić information content (AvgIpc) is 3.06. The number of aromatic nitrogens is 1. The smallest absolute Gasteiger partial charge is 0.275 e. The average molecular weight is 342 g/mol. The number of methoxy groups -OCH3 is 1. The molecule has 3 rings (SSSR count). The number of amides is 1. The fourth-order valence-corrected chi connectivity index (χ4v) is 2.97. The summed E-state index contributed by atoms with van der Waals surface area (Å²) in [6, 6.07) is 13.7. The summed E-state index contributed by atoms with van der Waals surface area (Å²) in [5, 5.41) is 5.03. The van der Waals surface area contributed by atoms with E-state index in [0.29, 0.717) is 6.42 Å². The molecule has 0 aliphatic carbocycles. The topological polar surface area (TPSA) is 51.2 Å². The number of benzene rings is 2. The quantitative estimate of drug-likeness (QED) is 0.758. The molecule has 1 amide bonds. The van der Waals surface area contributed by atoms with E-state index < -0.39 is 11.7 Å². The molecule has 0 spiro atoms. The highest BCUT2D eigenvalue weighted by atomic mass is 32.1. The number of para-hydroxylation sites is 1. The first kappa shape index (κ1) is 16.1. The van der Waals surface area contributed by atoms with E-state index in [1.54, 1.807) is 24.6 Å². The van der Waals surface area contributed by atoms with Crippen LogP contribution in [0.4, 0.5) is 10.1 Å². The van der Waals surface area contributed by atoms with Crippen LogP contribution < -0.4 is 10.1 Å². The number of hydrogen-bond acceptors (Lipinski definition) is 4. The van der Waals surface area contributed by atoms with Crippen molar-refractivity contribution in [3.8, 4) is 5.75 Å². The van der Waals surface area contributed by atoms with E-state index in [9.17, 15) is 9.18 Å². The predicted octanol–water partition coefficient (Wildman–Crippen LogP) is 4.13. The van der Waals surface area contributed by atoms with Crippen LogP contribution in [0, 0.1) is 5.82 Å². The third-order valence-corrected chi connectivity index (χ3v) is 4.27. The second kappa shape index (κ2) is 7.23. The lowest BCUT2D eigenvalue weighted by molar-refractivity contribution is 0.102. The standard InChI is InChI=1S/C18H15FN2O2S/c1-23-13-8-6-12(7-9-13)10-17-20-16(11-24-17)18(22)21-15-5-3-2-4-14(15)19/h2-9,11H,10H2,1H3,(H,21,22). The van der Waals surface area contributed by atoms with E-state index in [4.69, 9.17) is 4.74 Å². The Balaban J connectivity index is 1.68. The maximum Gasteiger partial charge on any atom is 0.275 e. The van der Waals surface area contributed by atoms with Gasteiger partial charge >= 0.3 is 0 Å². The van der Waals surface area contributed by atoms with Crippen LogP contribution in [-0.4, -0.2) is 18.0 Å². The zero-order valence-corrected chi connectivity index (χ0v) is 13.8. The largest absolute Gasteiger partial charge is 0.497 e. The van der Waals surface area contributed by atoms with Gasteiger partial charge in [0.2, 0.25) is 0 Å².